The van der Waals surface area contributed by atoms with E-state index in [1.165, 1.54) is 0 Å². The Kier molecular flexibility index (Phi) is 5.47. The molecule has 1 N–H and O–H groups in total. The third-order valence-corrected chi connectivity index (χ3v) is 4.23. The number of rotatable bonds is 7. The van der Waals surface area contributed by atoms with Gasteiger partial charge in [0.15, 0.2) is 12.4 Å². The number of thioether (sulfide) groups is 1. The van der Waals surface area contributed by atoms with Crippen molar-refractivity contribution in [2.24, 2.45) is 0 Å². The molecular formula is C16H22N2O3S. The van der Waals surface area contributed by atoms with Crippen molar-refractivity contribution in [2.75, 3.05) is 5.75 Å². The lowest BCUT2D eigenvalue weighted by molar-refractivity contribution is 0.0785. The molecule has 120 valence electrons. The highest BCUT2D eigenvalue weighted by Gasteiger charge is 2.16. The van der Waals surface area contributed by atoms with E-state index in [4.69, 9.17) is 9.26 Å². The fourth-order valence-corrected chi connectivity index (χ4v) is 2.67. The molecule has 0 fully saturated rings. The van der Waals surface area contributed by atoms with Gasteiger partial charge in [0.05, 0.1) is 10.9 Å². The fourth-order valence-electron chi connectivity index (χ4n) is 1.92. The van der Waals surface area contributed by atoms with Crippen molar-refractivity contribution < 1.29 is 14.4 Å². The highest BCUT2D eigenvalue weighted by Crippen LogP contribution is 2.26. The molecule has 1 heterocycles. The molecule has 0 aliphatic heterocycles. The topological polar surface area (TPSA) is 68.4 Å². The molecule has 0 saturated carbocycles. The van der Waals surface area contributed by atoms with Gasteiger partial charge in [0.2, 0.25) is 0 Å². The summed E-state index contributed by atoms with van der Waals surface area (Å²) in [7, 11) is 0. The van der Waals surface area contributed by atoms with Crippen LogP contribution in [0.15, 0.2) is 28.8 Å². The predicted molar refractivity (Wildman–Crippen MR) is 86.9 cm³/mol. The molecule has 0 bridgehead atoms. The van der Waals surface area contributed by atoms with Crippen LogP contribution in [0.3, 0.4) is 0 Å². The van der Waals surface area contributed by atoms with Crippen molar-refractivity contribution in [3.63, 3.8) is 0 Å². The van der Waals surface area contributed by atoms with Gasteiger partial charge in [-0.2, -0.15) is 16.7 Å². The normalized spacial score (nSPS) is 13.1. The zero-order valence-corrected chi connectivity index (χ0v) is 14.2. The van der Waals surface area contributed by atoms with Gasteiger partial charge < -0.3 is 14.4 Å². The Morgan fingerprint density at radius 2 is 2.00 bits per heavy atom. The summed E-state index contributed by atoms with van der Waals surface area (Å²) in [4.78, 5) is 4.34. The van der Waals surface area contributed by atoms with Gasteiger partial charge in [-0.1, -0.05) is 24.2 Å². The highest BCUT2D eigenvalue weighted by molar-refractivity contribution is 7.99. The van der Waals surface area contributed by atoms with Crippen LogP contribution in [-0.2, 0) is 12.2 Å². The number of benzene rings is 1. The SMILES string of the molecule is CCSC(C)c1noc(COc2ccc(C(C)(C)O)cc2)n1. The molecule has 0 radical (unpaired) electrons. The van der Waals surface area contributed by atoms with E-state index >= 15 is 0 Å². The number of nitrogens with zero attached hydrogens (tertiary/aromatic N) is 2. The first-order valence-corrected chi connectivity index (χ1v) is 8.35. The lowest BCUT2D eigenvalue weighted by Gasteiger charge is -2.17. The summed E-state index contributed by atoms with van der Waals surface area (Å²) in [6.07, 6.45) is 0. The number of ether oxygens (including phenoxy) is 1. The second-order valence-corrected chi connectivity index (χ2v) is 7.13. The maximum atomic E-state index is 9.91. The molecular weight excluding hydrogens is 300 g/mol. The number of aliphatic hydroxyl groups is 1. The molecule has 2 aromatic rings. The van der Waals surface area contributed by atoms with E-state index in [2.05, 4.69) is 24.0 Å². The van der Waals surface area contributed by atoms with E-state index in [0.717, 1.165) is 11.3 Å². The van der Waals surface area contributed by atoms with Crippen LogP contribution in [0.2, 0.25) is 0 Å². The van der Waals surface area contributed by atoms with Crippen LogP contribution >= 0.6 is 11.8 Å². The van der Waals surface area contributed by atoms with E-state index < -0.39 is 5.60 Å². The molecule has 0 aliphatic carbocycles. The third-order valence-electron chi connectivity index (χ3n) is 3.19. The van der Waals surface area contributed by atoms with E-state index in [1.807, 2.05) is 24.3 Å². The average Bonchev–Trinajstić information content (AvgIpc) is 2.94. The summed E-state index contributed by atoms with van der Waals surface area (Å²) in [6, 6.07) is 7.32. The minimum atomic E-state index is -0.854. The van der Waals surface area contributed by atoms with Crippen LogP contribution in [0, 0.1) is 0 Å². The number of aromatic nitrogens is 2. The fraction of sp³-hybridized carbons (Fsp3) is 0.500. The average molecular weight is 322 g/mol. The van der Waals surface area contributed by atoms with Crippen molar-refractivity contribution in [3.05, 3.63) is 41.5 Å². The van der Waals surface area contributed by atoms with Gasteiger partial charge in [0.1, 0.15) is 5.75 Å². The zero-order valence-electron chi connectivity index (χ0n) is 13.4. The van der Waals surface area contributed by atoms with Crippen molar-refractivity contribution in [2.45, 2.75) is 45.2 Å². The zero-order chi connectivity index (χ0) is 16.2. The molecule has 0 spiro atoms. The first-order valence-electron chi connectivity index (χ1n) is 7.30. The first-order chi connectivity index (χ1) is 10.4. The number of hydrogen-bond donors (Lipinski definition) is 1. The Bertz CT molecular complexity index is 590. The summed E-state index contributed by atoms with van der Waals surface area (Å²) in [5, 5.41) is 14.1. The van der Waals surface area contributed by atoms with Gasteiger partial charge in [-0.25, -0.2) is 0 Å². The lowest BCUT2D eigenvalue weighted by Crippen LogP contribution is -2.14. The van der Waals surface area contributed by atoms with Gasteiger partial charge in [-0.05, 0) is 44.2 Å². The maximum absolute atomic E-state index is 9.91. The van der Waals surface area contributed by atoms with Crippen LogP contribution in [0.25, 0.3) is 0 Å². The Labute approximate surface area is 135 Å². The standard InChI is InChI=1S/C16H22N2O3S/c1-5-22-11(2)15-17-14(21-18-15)10-20-13-8-6-12(7-9-13)16(3,4)19/h6-9,11,19H,5,10H2,1-4H3. The van der Waals surface area contributed by atoms with Crippen LogP contribution in [0.4, 0.5) is 0 Å². The molecule has 1 aromatic heterocycles. The maximum Gasteiger partial charge on any atom is 0.264 e. The van der Waals surface area contributed by atoms with E-state index in [-0.39, 0.29) is 11.9 Å². The second kappa shape index (κ2) is 7.15. The summed E-state index contributed by atoms with van der Waals surface area (Å²) >= 11 is 1.77. The Hall–Kier alpha value is -1.53. The highest BCUT2D eigenvalue weighted by atomic mass is 32.2. The molecule has 0 amide bonds. The minimum Gasteiger partial charge on any atom is -0.484 e. The van der Waals surface area contributed by atoms with Gasteiger partial charge in [-0.15, -0.1) is 0 Å². The van der Waals surface area contributed by atoms with Gasteiger partial charge >= 0.3 is 0 Å². The Balaban J connectivity index is 1.93. The minimum absolute atomic E-state index is 0.216. The summed E-state index contributed by atoms with van der Waals surface area (Å²) in [6.45, 7) is 7.89. The Morgan fingerprint density at radius 1 is 1.32 bits per heavy atom. The van der Waals surface area contributed by atoms with Gasteiger partial charge in [0, 0.05) is 0 Å². The van der Waals surface area contributed by atoms with E-state index in [9.17, 15) is 5.11 Å². The van der Waals surface area contributed by atoms with Gasteiger partial charge in [-0.3, -0.25) is 0 Å². The largest absolute Gasteiger partial charge is 0.484 e. The molecule has 22 heavy (non-hydrogen) atoms. The molecule has 1 aromatic carbocycles. The predicted octanol–water partition coefficient (Wildman–Crippen LogP) is 3.69. The Morgan fingerprint density at radius 3 is 2.59 bits per heavy atom. The third kappa shape index (κ3) is 4.48. The van der Waals surface area contributed by atoms with Crippen molar-refractivity contribution >= 4 is 11.8 Å². The molecule has 5 nitrogen and oxygen atoms in total. The molecule has 1 unspecified atom stereocenters. The molecule has 2 rings (SSSR count). The lowest BCUT2D eigenvalue weighted by atomic mass is 9.99. The molecule has 0 aliphatic rings. The van der Waals surface area contributed by atoms with Crippen LogP contribution in [0.5, 0.6) is 5.75 Å². The van der Waals surface area contributed by atoms with Crippen molar-refractivity contribution in [1.82, 2.24) is 10.1 Å². The van der Waals surface area contributed by atoms with Crippen molar-refractivity contribution in [1.29, 1.82) is 0 Å². The second-order valence-electron chi connectivity index (χ2n) is 5.52. The molecule has 1 atom stereocenters. The van der Waals surface area contributed by atoms with Crippen LogP contribution < -0.4 is 4.74 Å². The van der Waals surface area contributed by atoms with E-state index in [0.29, 0.717) is 17.5 Å². The first kappa shape index (κ1) is 16.8. The van der Waals surface area contributed by atoms with Crippen LogP contribution in [-0.4, -0.2) is 21.0 Å². The summed E-state index contributed by atoms with van der Waals surface area (Å²) in [5.74, 6) is 2.87. The monoisotopic (exact) mass is 322 g/mol. The summed E-state index contributed by atoms with van der Waals surface area (Å²) in [5.41, 5.74) is -0.0159. The summed E-state index contributed by atoms with van der Waals surface area (Å²) < 4.78 is 10.8. The number of hydrogen-bond acceptors (Lipinski definition) is 6. The molecule has 0 saturated heterocycles. The smallest absolute Gasteiger partial charge is 0.264 e. The quantitative estimate of drug-likeness (QED) is 0.838. The van der Waals surface area contributed by atoms with Gasteiger partial charge in [0.25, 0.3) is 5.89 Å². The van der Waals surface area contributed by atoms with Crippen LogP contribution in [0.1, 0.15) is 50.2 Å². The van der Waals surface area contributed by atoms with E-state index in [1.54, 1.807) is 25.6 Å². The molecule has 6 heteroatoms. The van der Waals surface area contributed by atoms with Crippen molar-refractivity contribution in [3.8, 4) is 5.75 Å².